The maximum absolute atomic E-state index is 11.7. The SMILES string of the molecule is Cc1cc(C)c(C[C@@H](C(=O)O)N2CCN(C)CC2)c(C)c1. The number of piperazine rings is 1. The fourth-order valence-corrected chi connectivity index (χ4v) is 3.23. The van der Waals surface area contributed by atoms with Crippen molar-refractivity contribution in [2.24, 2.45) is 0 Å². The number of carboxylic acids is 1. The van der Waals surface area contributed by atoms with Crippen LogP contribution in [0.25, 0.3) is 0 Å². The van der Waals surface area contributed by atoms with Crippen molar-refractivity contribution in [1.82, 2.24) is 9.80 Å². The number of benzene rings is 1. The molecule has 0 aliphatic carbocycles. The molecule has 0 amide bonds. The number of hydrogen-bond donors (Lipinski definition) is 1. The number of rotatable bonds is 4. The Morgan fingerprint density at radius 2 is 1.67 bits per heavy atom. The van der Waals surface area contributed by atoms with E-state index in [9.17, 15) is 9.90 Å². The fraction of sp³-hybridized carbons (Fsp3) is 0.588. The van der Waals surface area contributed by atoms with E-state index >= 15 is 0 Å². The van der Waals surface area contributed by atoms with Crippen molar-refractivity contribution in [2.45, 2.75) is 33.2 Å². The first-order valence-electron chi connectivity index (χ1n) is 7.60. The summed E-state index contributed by atoms with van der Waals surface area (Å²) in [6, 6.07) is 3.87. The minimum atomic E-state index is -0.709. The summed E-state index contributed by atoms with van der Waals surface area (Å²) in [5.74, 6) is -0.709. The molecule has 2 rings (SSSR count). The second kappa shape index (κ2) is 6.58. The van der Waals surface area contributed by atoms with Crippen LogP contribution >= 0.6 is 0 Å². The maximum Gasteiger partial charge on any atom is 0.321 e. The number of aliphatic carboxylic acids is 1. The van der Waals surface area contributed by atoms with Crippen molar-refractivity contribution in [3.63, 3.8) is 0 Å². The number of hydrogen-bond acceptors (Lipinski definition) is 3. The molecule has 0 saturated carbocycles. The molecule has 1 aromatic carbocycles. The highest BCUT2D eigenvalue weighted by Gasteiger charge is 2.29. The van der Waals surface area contributed by atoms with Gasteiger partial charge in [0.05, 0.1) is 0 Å². The molecule has 0 bridgehead atoms. The zero-order chi connectivity index (χ0) is 15.6. The molecule has 4 nitrogen and oxygen atoms in total. The minimum Gasteiger partial charge on any atom is -0.480 e. The Morgan fingerprint density at radius 3 is 2.14 bits per heavy atom. The van der Waals surface area contributed by atoms with Crippen LogP contribution in [0.15, 0.2) is 12.1 Å². The molecule has 1 atom stereocenters. The third-order valence-corrected chi connectivity index (χ3v) is 4.50. The van der Waals surface area contributed by atoms with Gasteiger partial charge in [-0.2, -0.15) is 0 Å². The van der Waals surface area contributed by atoms with Gasteiger partial charge in [0.25, 0.3) is 0 Å². The molecule has 0 unspecified atom stereocenters. The lowest BCUT2D eigenvalue weighted by Crippen LogP contribution is -2.52. The Kier molecular flexibility index (Phi) is 5.01. The third kappa shape index (κ3) is 3.83. The number of aryl methyl sites for hydroxylation is 3. The van der Waals surface area contributed by atoms with Crippen LogP contribution in [0.1, 0.15) is 22.3 Å². The van der Waals surface area contributed by atoms with E-state index in [0.29, 0.717) is 6.42 Å². The summed E-state index contributed by atoms with van der Waals surface area (Å²) in [4.78, 5) is 16.1. The molecule has 116 valence electrons. The second-order valence-electron chi connectivity index (χ2n) is 6.27. The molecule has 1 saturated heterocycles. The summed E-state index contributed by atoms with van der Waals surface area (Å²) >= 11 is 0. The van der Waals surface area contributed by atoms with Crippen molar-refractivity contribution in [3.05, 3.63) is 34.4 Å². The summed E-state index contributed by atoms with van der Waals surface area (Å²) in [5.41, 5.74) is 4.83. The summed E-state index contributed by atoms with van der Waals surface area (Å²) in [6.45, 7) is 9.79. The van der Waals surface area contributed by atoms with Crippen molar-refractivity contribution < 1.29 is 9.90 Å². The van der Waals surface area contributed by atoms with E-state index in [1.807, 2.05) is 0 Å². The summed E-state index contributed by atoms with van der Waals surface area (Å²) in [6.07, 6.45) is 0.594. The van der Waals surface area contributed by atoms with Crippen LogP contribution in [0, 0.1) is 20.8 Å². The summed E-state index contributed by atoms with van der Waals surface area (Å²) in [5, 5.41) is 9.63. The average Bonchev–Trinajstić information content (AvgIpc) is 2.39. The molecule has 0 radical (unpaired) electrons. The lowest BCUT2D eigenvalue weighted by molar-refractivity contribution is -0.144. The van der Waals surface area contributed by atoms with Gasteiger partial charge in [-0.25, -0.2) is 0 Å². The van der Waals surface area contributed by atoms with Crippen molar-refractivity contribution in [3.8, 4) is 0 Å². The molecular weight excluding hydrogens is 264 g/mol. The number of carboxylic acid groups (broad SMARTS) is 1. The summed E-state index contributed by atoms with van der Waals surface area (Å²) < 4.78 is 0. The standard InChI is InChI=1S/C17H26N2O2/c1-12-9-13(2)15(14(3)10-12)11-16(17(20)21)19-7-5-18(4)6-8-19/h9-10,16H,5-8,11H2,1-4H3,(H,20,21)/t16-/m0/s1. The fourth-order valence-electron chi connectivity index (χ4n) is 3.23. The first-order chi connectivity index (χ1) is 9.88. The molecule has 4 heteroatoms. The predicted octanol–water partition coefficient (Wildman–Crippen LogP) is 1.85. The summed E-state index contributed by atoms with van der Waals surface area (Å²) in [7, 11) is 2.08. The van der Waals surface area contributed by atoms with Gasteiger partial charge in [-0.1, -0.05) is 17.7 Å². The molecule has 1 aliphatic heterocycles. The van der Waals surface area contributed by atoms with Crippen molar-refractivity contribution in [2.75, 3.05) is 33.2 Å². The van der Waals surface area contributed by atoms with Crippen LogP contribution in [0.4, 0.5) is 0 Å². The van der Waals surface area contributed by atoms with Gasteiger partial charge in [0.2, 0.25) is 0 Å². The van der Waals surface area contributed by atoms with Crippen LogP contribution in [0.3, 0.4) is 0 Å². The number of carbonyl (C=O) groups is 1. The van der Waals surface area contributed by atoms with E-state index in [4.69, 9.17) is 0 Å². The normalized spacial score (nSPS) is 18.7. The Hall–Kier alpha value is -1.39. The first-order valence-corrected chi connectivity index (χ1v) is 7.60. The van der Waals surface area contributed by atoms with Gasteiger partial charge in [0, 0.05) is 26.2 Å². The largest absolute Gasteiger partial charge is 0.480 e. The van der Waals surface area contributed by atoms with E-state index in [1.165, 1.54) is 22.3 Å². The van der Waals surface area contributed by atoms with Crippen LogP contribution in [0.5, 0.6) is 0 Å². The van der Waals surface area contributed by atoms with E-state index in [0.717, 1.165) is 26.2 Å². The lowest BCUT2D eigenvalue weighted by atomic mass is 9.93. The monoisotopic (exact) mass is 290 g/mol. The molecule has 21 heavy (non-hydrogen) atoms. The molecule has 1 aliphatic rings. The first kappa shape index (κ1) is 16.0. The molecule has 0 spiro atoms. The Morgan fingerprint density at radius 1 is 1.14 bits per heavy atom. The van der Waals surface area contributed by atoms with Gasteiger partial charge in [-0.3, -0.25) is 9.69 Å². The highest BCUT2D eigenvalue weighted by atomic mass is 16.4. The highest BCUT2D eigenvalue weighted by molar-refractivity contribution is 5.74. The smallest absolute Gasteiger partial charge is 0.321 e. The van der Waals surface area contributed by atoms with Crippen LogP contribution < -0.4 is 0 Å². The van der Waals surface area contributed by atoms with Gasteiger partial charge in [0.1, 0.15) is 6.04 Å². The molecule has 1 fully saturated rings. The van der Waals surface area contributed by atoms with Gasteiger partial charge in [-0.05, 0) is 50.9 Å². The van der Waals surface area contributed by atoms with E-state index in [-0.39, 0.29) is 0 Å². The van der Waals surface area contributed by atoms with Gasteiger partial charge in [0.15, 0.2) is 0 Å². The molecule has 1 aromatic rings. The molecule has 1 heterocycles. The maximum atomic E-state index is 11.7. The predicted molar refractivity (Wildman–Crippen MR) is 84.9 cm³/mol. The number of likely N-dealkylation sites (N-methyl/N-ethyl adjacent to an activating group) is 1. The molecular formula is C17H26N2O2. The Labute approximate surface area is 127 Å². The Bertz CT molecular complexity index is 497. The minimum absolute atomic E-state index is 0.418. The average molecular weight is 290 g/mol. The van der Waals surface area contributed by atoms with Crippen LogP contribution in [-0.2, 0) is 11.2 Å². The zero-order valence-electron chi connectivity index (χ0n) is 13.5. The quantitative estimate of drug-likeness (QED) is 0.919. The van der Waals surface area contributed by atoms with E-state index < -0.39 is 12.0 Å². The van der Waals surface area contributed by atoms with Gasteiger partial charge in [-0.15, -0.1) is 0 Å². The van der Waals surface area contributed by atoms with Gasteiger partial charge < -0.3 is 10.0 Å². The van der Waals surface area contributed by atoms with E-state index in [2.05, 4.69) is 49.8 Å². The van der Waals surface area contributed by atoms with E-state index in [1.54, 1.807) is 0 Å². The Balaban J connectivity index is 2.19. The molecule has 0 aromatic heterocycles. The topological polar surface area (TPSA) is 43.8 Å². The number of nitrogens with zero attached hydrogens (tertiary/aromatic N) is 2. The van der Waals surface area contributed by atoms with Crippen LogP contribution in [0.2, 0.25) is 0 Å². The second-order valence-corrected chi connectivity index (χ2v) is 6.27. The lowest BCUT2D eigenvalue weighted by Gasteiger charge is -2.36. The molecule has 1 N–H and O–H groups in total. The van der Waals surface area contributed by atoms with Crippen LogP contribution in [-0.4, -0.2) is 60.1 Å². The third-order valence-electron chi connectivity index (χ3n) is 4.50. The van der Waals surface area contributed by atoms with Crippen molar-refractivity contribution >= 4 is 5.97 Å². The zero-order valence-corrected chi connectivity index (χ0v) is 13.5. The van der Waals surface area contributed by atoms with Crippen molar-refractivity contribution in [1.29, 1.82) is 0 Å². The van der Waals surface area contributed by atoms with Gasteiger partial charge >= 0.3 is 5.97 Å². The highest BCUT2D eigenvalue weighted by Crippen LogP contribution is 2.20.